The summed E-state index contributed by atoms with van der Waals surface area (Å²) >= 11 is 0. The van der Waals surface area contributed by atoms with E-state index in [0.29, 0.717) is 0 Å². The topological polar surface area (TPSA) is 35.2 Å². The van der Waals surface area contributed by atoms with Gasteiger partial charge in [0.15, 0.2) is 0 Å². The van der Waals surface area contributed by atoms with Crippen molar-refractivity contribution >= 4 is 0 Å². The molecule has 2 N–H and O–H groups in total. The van der Waals surface area contributed by atoms with Gasteiger partial charge in [-0.05, 0) is 50.7 Å². The molecule has 106 valence electrons. The Hall–Kier alpha value is -0.860. The minimum atomic E-state index is -0.0651. The molecule has 0 radical (unpaired) electrons. The standard InChI is InChI=1S/C17H27NO/c1-16(2,19-3)13-10-14-6-8-15(9-7-14)17(18)11-4-5-12-17/h6-9H,4-5,10-13,18H2,1-3H3. The van der Waals surface area contributed by atoms with Gasteiger partial charge in [0, 0.05) is 12.6 Å². The maximum Gasteiger partial charge on any atom is 0.0625 e. The van der Waals surface area contributed by atoms with E-state index in [-0.39, 0.29) is 11.1 Å². The lowest BCUT2D eigenvalue weighted by atomic mass is 9.88. The summed E-state index contributed by atoms with van der Waals surface area (Å²) in [5, 5.41) is 0. The molecule has 0 amide bonds. The Bertz CT molecular complexity index is 402. The molecule has 1 aliphatic rings. The third-order valence-corrected chi connectivity index (χ3v) is 4.59. The second-order valence-electron chi connectivity index (χ2n) is 6.52. The Balaban J connectivity index is 1.99. The molecule has 0 heterocycles. The van der Waals surface area contributed by atoms with Crippen LogP contribution in [0.4, 0.5) is 0 Å². The van der Waals surface area contributed by atoms with Crippen LogP contribution in [-0.4, -0.2) is 12.7 Å². The van der Waals surface area contributed by atoms with E-state index in [4.69, 9.17) is 10.5 Å². The van der Waals surface area contributed by atoms with Crippen molar-refractivity contribution in [2.75, 3.05) is 7.11 Å². The van der Waals surface area contributed by atoms with Gasteiger partial charge < -0.3 is 10.5 Å². The average Bonchev–Trinajstić information content (AvgIpc) is 2.85. The van der Waals surface area contributed by atoms with E-state index >= 15 is 0 Å². The van der Waals surface area contributed by atoms with Gasteiger partial charge in [0.05, 0.1) is 5.60 Å². The first kappa shape index (κ1) is 14.5. The van der Waals surface area contributed by atoms with Gasteiger partial charge in [0.1, 0.15) is 0 Å². The molecule has 19 heavy (non-hydrogen) atoms. The zero-order chi connectivity index (χ0) is 13.9. The monoisotopic (exact) mass is 261 g/mol. The molecule has 0 aromatic heterocycles. The van der Waals surface area contributed by atoms with E-state index in [0.717, 1.165) is 25.7 Å². The second-order valence-corrected chi connectivity index (χ2v) is 6.52. The number of aryl methyl sites for hydroxylation is 1. The lowest BCUT2D eigenvalue weighted by Crippen LogP contribution is -2.32. The van der Waals surface area contributed by atoms with Gasteiger partial charge in [-0.15, -0.1) is 0 Å². The number of hydrogen-bond donors (Lipinski definition) is 1. The number of benzene rings is 1. The van der Waals surface area contributed by atoms with Crippen LogP contribution >= 0.6 is 0 Å². The average molecular weight is 261 g/mol. The number of rotatable bonds is 5. The molecule has 0 saturated heterocycles. The van der Waals surface area contributed by atoms with Crippen molar-refractivity contribution in [3.8, 4) is 0 Å². The smallest absolute Gasteiger partial charge is 0.0625 e. The highest BCUT2D eigenvalue weighted by molar-refractivity contribution is 5.29. The lowest BCUT2D eigenvalue weighted by molar-refractivity contribution is 0.0158. The van der Waals surface area contributed by atoms with Crippen LogP contribution in [-0.2, 0) is 16.7 Å². The first-order valence-corrected chi connectivity index (χ1v) is 7.39. The first-order chi connectivity index (χ1) is 8.95. The molecule has 0 aliphatic heterocycles. The number of ether oxygens (including phenoxy) is 1. The van der Waals surface area contributed by atoms with E-state index in [2.05, 4.69) is 38.1 Å². The lowest BCUT2D eigenvalue weighted by Gasteiger charge is -2.25. The summed E-state index contributed by atoms with van der Waals surface area (Å²) in [4.78, 5) is 0. The highest BCUT2D eigenvalue weighted by atomic mass is 16.5. The maximum atomic E-state index is 6.48. The number of methoxy groups -OCH3 is 1. The van der Waals surface area contributed by atoms with Gasteiger partial charge in [0.2, 0.25) is 0 Å². The highest BCUT2D eigenvalue weighted by Crippen LogP contribution is 2.36. The van der Waals surface area contributed by atoms with Crippen LogP contribution < -0.4 is 5.73 Å². The molecule has 1 fully saturated rings. The molecular weight excluding hydrogens is 234 g/mol. The van der Waals surface area contributed by atoms with Crippen molar-refractivity contribution in [3.63, 3.8) is 0 Å². The van der Waals surface area contributed by atoms with Gasteiger partial charge in [-0.3, -0.25) is 0 Å². The summed E-state index contributed by atoms with van der Waals surface area (Å²) in [5.74, 6) is 0. The summed E-state index contributed by atoms with van der Waals surface area (Å²) in [6.07, 6.45) is 6.88. The quantitative estimate of drug-likeness (QED) is 0.875. The molecular formula is C17H27NO. The number of nitrogens with two attached hydrogens (primary N) is 1. The molecule has 1 aromatic carbocycles. The molecule has 0 atom stereocenters. The second kappa shape index (κ2) is 5.64. The molecule has 2 nitrogen and oxygen atoms in total. The summed E-state index contributed by atoms with van der Waals surface area (Å²) in [6, 6.07) is 8.91. The van der Waals surface area contributed by atoms with Crippen LogP contribution in [0.1, 0.15) is 57.1 Å². The Kier molecular flexibility index (Phi) is 4.32. The van der Waals surface area contributed by atoms with Crippen LogP contribution in [0.25, 0.3) is 0 Å². The summed E-state index contributed by atoms with van der Waals surface area (Å²) in [7, 11) is 1.78. The summed E-state index contributed by atoms with van der Waals surface area (Å²) < 4.78 is 5.46. The molecule has 0 bridgehead atoms. The minimum absolute atomic E-state index is 0.0424. The van der Waals surface area contributed by atoms with Crippen molar-refractivity contribution in [3.05, 3.63) is 35.4 Å². The normalized spacial score (nSPS) is 18.7. The summed E-state index contributed by atoms with van der Waals surface area (Å²) in [6.45, 7) is 4.27. The Morgan fingerprint density at radius 3 is 2.26 bits per heavy atom. The Labute approximate surface area is 117 Å². The fraction of sp³-hybridized carbons (Fsp3) is 0.647. The SMILES string of the molecule is COC(C)(C)CCc1ccc(C2(N)CCCC2)cc1. The maximum absolute atomic E-state index is 6.48. The zero-order valence-electron chi connectivity index (χ0n) is 12.5. The van der Waals surface area contributed by atoms with Crippen LogP contribution in [0, 0.1) is 0 Å². The van der Waals surface area contributed by atoms with Crippen LogP contribution in [0.15, 0.2) is 24.3 Å². The van der Waals surface area contributed by atoms with Gasteiger partial charge in [-0.2, -0.15) is 0 Å². The predicted molar refractivity (Wildman–Crippen MR) is 80.2 cm³/mol. The largest absolute Gasteiger partial charge is 0.379 e. The number of hydrogen-bond acceptors (Lipinski definition) is 2. The van der Waals surface area contributed by atoms with Crippen molar-refractivity contribution in [2.45, 2.75) is 63.5 Å². The zero-order valence-corrected chi connectivity index (χ0v) is 12.5. The van der Waals surface area contributed by atoms with Gasteiger partial charge in [-0.25, -0.2) is 0 Å². The van der Waals surface area contributed by atoms with Crippen molar-refractivity contribution in [2.24, 2.45) is 5.73 Å². The fourth-order valence-electron chi connectivity index (χ4n) is 2.85. The third kappa shape index (κ3) is 3.58. The molecule has 0 spiro atoms. The van der Waals surface area contributed by atoms with Crippen molar-refractivity contribution in [1.29, 1.82) is 0 Å². The first-order valence-electron chi connectivity index (χ1n) is 7.39. The van der Waals surface area contributed by atoms with Gasteiger partial charge in [0.25, 0.3) is 0 Å². The highest BCUT2D eigenvalue weighted by Gasteiger charge is 2.30. The van der Waals surface area contributed by atoms with Crippen molar-refractivity contribution < 1.29 is 4.74 Å². The minimum Gasteiger partial charge on any atom is -0.379 e. The third-order valence-electron chi connectivity index (χ3n) is 4.59. The van der Waals surface area contributed by atoms with Crippen LogP contribution in [0.2, 0.25) is 0 Å². The van der Waals surface area contributed by atoms with Crippen molar-refractivity contribution in [1.82, 2.24) is 0 Å². The van der Waals surface area contributed by atoms with E-state index in [1.54, 1.807) is 7.11 Å². The molecule has 2 heteroatoms. The van der Waals surface area contributed by atoms with Gasteiger partial charge in [-0.1, -0.05) is 37.1 Å². The molecule has 2 rings (SSSR count). The fourth-order valence-corrected chi connectivity index (χ4v) is 2.85. The summed E-state index contributed by atoms with van der Waals surface area (Å²) in [5.41, 5.74) is 9.04. The Morgan fingerprint density at radius 2 is 1.74 bits per heavy atom. The van der Waals surface area contributed by atoms with Crippen LogP contribution in [0.5, 0.6) is 0 Å². The van der Waals surface area contributed by atoms with Crippen LogP contribution in [0.3, 0.4) is 0 Å². The van der Waals surface area contributed by atoms with E-state index < -0.39 is 0 Å². The predicted octanol–water partition coefficient (Wildman–Crippen LogP) is 3.77. The Morgan fingerprint density at radius 1 is 1.16 bits per heavy atom. The van der Waals surface area contributed by atoms with E-state index in [9.17, 15) is 0 Å². The molecule has 0 unspecified atom stereocenters. The molecule has 1 saturated carbocycles. The molecule has 1 aliphatic carbocycles. The molecule has 1 aromatic rings. The van der Waals surface area contributed by atoms with E-state index in [1.165, 1.54) is 24.0 Å². The van der Waals surface area contributed by atoms with E-state index in [1.807, 2.05) is 0 Å². The van der Waals surface area contributed by atoms with Gasteiger partial charge >= 0.3 is 0 Å².